The second-order valence-corrected chi connectivity index (χ2v) is 6.75. The number of benzene rings is 2. The first-order chi connectivity index (χ1) is 13.1. The number of ether oxygens (including phenoxy) is 1. The van der Waals surface area contributed by atoms with E-state index in [2.05, 4.69) is 29.1 Å². The van der Waals surface area contributed by atoms with Crippen molar-refractivity contribution in [1.29, 1.82) is 0 Å². The Morgan fingerprint density at radius 3 is 2.56 bits per heavy atom. The fourth-order valence-corrected chi connectivity index (χ4v) is 3.01. The van der Waals surface area contributed by atoms with Crippen LogP contribution in [0.1, 0.15) is 42.8 Å². The smallest absolute Gasteiger partial charge is 0.258 e. The number of hydrogen-bond acceptors (Lipinski definition) is 3. The average molecular weight is 363 g/mol. The Kier molecular flexibility index (Phi) is 6.26. The number of nitrogens with zero attached hydrogens (tertiary/aromatic N) is 1. The number of rotatable bonds is 8. The molecular weight excluding hydrogens is 338 g/mol. The van der Waals surface area contributed by atoms with E-state index in [0.29, 0.717) is 12.3 Å². The molecule has 0 saturated carbocycles. The van der Waals surface area contributed by atoms with E-state index in [1.165, 1.54) is 0 Å². The van der Waals surface area contributed by atoms with Gasteiger partial charge in [0.15, 0.2) is 6.61 Å². The number of amides is 1. The monoisotopic (exact) mass is 363 g/mol. The minimum Gasteiger partial charge on any atom is -0.483 e. The van der Waals surface area contributed by atoms with E-state index in [9.17, 15) is 4.79 Å². The van der Waals surface area contributed by atoms with Crippen molar-refractivity contribution in [3.63, 3.8) is 0 Å². The van der Waals surface area contributed by atoms with Crippen LogP contribution in [-0.4, -0.2) is 22.5 Å². The predicted molar refractivity (Wildman–Crippen MR) is 106 cm³/mol. The molecule has 1 heterocycles. The quantitative estimate of drug-likeness (QED) is 0.635. The van der Waals surface area contributed by atoms with Crippen LogP contribution in [0.4, 0.5) is 0 Å². The standard InChI is InChI=1S/C22H25N3O2/c1-16(2)18-10-6-7-11-20(18)27-15-22(26)25-19(14-21-23-12-13-24-21)17-8-4-3-5-9-17/h3-13,16,19H,14-15H2,1-2H3,(H,23,24)(H,25,26)/t19-/m1/s1. The van der Waals surface area contributed by atoms with Crippen LogP contribution in [-0.2, 0) is 11.2 Å². The zero-order valence-electron chi connectivity index (χ0n) is 15.7. The average Bonchev–Trinajstić information content (AvgIpc) is 3.20. The molecule has 2 aromatic carbocycles. The first-order valence-electron chi connectivity index (χ1n) is 9.17. The highest BCUT2D eigenvalue weighted by Gasteiger charge is 2.17. The van der Waals surface area contributed by atoms with Gasteiger partial charge < -0.3 is 15.0 Å². The Labute approximate surface area is 159 Å². The molecule has 1 aromatic heterocycles. The molecule has 0 radical (unpaired) electrons. The Morgan fingerprint density at radius 2 is 1.85 bits per heavy atom. The minimum atomic E-state index is -0.172. The van der Waals surface area contributed by atoms with Crippen molar-refractivity contribution in [1.82, 2.24) is 15.3 Å². The van der Waals surface area contributed by atoms with Crippen molar-refractivity contribution in [3.05, 3.63) is 83.9 Å². The molecule has 5 nitrogen and oxygen atoms in total. The molecule has 140 valence electrons. The van der Waals surface area contributed by atoms with Crippen LogP contribution in [0, 0.1) is 0 Å². The van der Waals surface area contributed by atoms with Crippen molar-refractivity contribution in [3.8, 4) is 5.75 Å². The van der Waals surface area contributed by atoms with Gasteiger partial charge in [-0.1, -0.05) is 62.4 Å². The number of H-pyrrole nitrogens is 1. The molecule has 27 heavy (non-hydrogen) atoms. The third kappa shape index (κ3) is 5.20. The number of imidazole rings is 1. The summed E-state index contributed by atoms with van der Waals surface area (Å²) in [5.41, 5.74) is 2.13. The Balaban J connectivity index is 1.66. The maximum atomic E-state index is 12.5. The first-order valence-corrected chi connectivity index (χ1v) is 9.17. The molecule has 0 bridgehead atoms. The number of aromatic amines is 1. The van der Waals surface area contributed by atoms with Crippen LogP contribution >= 0.6 is 0 Å². The summed E-state index contributed by atoms with van der Waals surface area (Å²) < 4.78 is 5.80. The molecular formula is C22H25N3O2. The minimum absolute atomic E-state index is 0.0226. The third-order valence-corrected chi connectivity index (χ3v) is 4.39. The fraction of sp³-hybridized carbons (Fsp3) is 0.273. The number of carbonyl (C=O) groups is 1. The molecule has 0 aliphatic rings. The van der Waals surface area contributed by atoms with E-state index >= 15 is 0 Å². The number of aromatic nitrogens is 2. The molecule has 3 aromatic rings. The van der Waals surface area contributed by atoms with Crippen LogP contribution in [0.3, 0.4) is 0 Å². The highest BCUT2D eigenvalue weighted by Crippen LogP contribution is 2.25. The Bertz CT molecular complexity index is 845. The molecule has 2 N–H and O–H groups in total. The van der Waals surface area contributed by atoms with E-state index in [-0.39, 0.29) is 18.6 Å². The van der Waals surface area contributed by atoms with Gasteiger partial charge >= 0.3 is 0 Å². The number of nitrogens with one attached hydrogen (secondary N) is 2. The predicted octanol–water partition coefficient (Wildman–Crippen LogP) is 4.01. The fourth-order valence-electron chi connectivity index (χ4n) is 3.01. The van der Waals surface area contributed by atoms with Gasteiger partial charge in [0.05, 0.1) is 6.04 Å². The first kappa shape index (κ1) is 18.7. The summed E-state index contributed by atoms with van der Waals surface area (Å²) in [5.74, 6) is 1.76. The van der Waals surface area contributed by atoms with Gasteiger partial charge in [0, 0.05) is 18.8 Å². The van der Waals surface area contributed by atoms with E-state index in [4.69, 9.17) is 4.74 Å². The van der Waals surface area contributed by atoms with Gasteiger partial charge in [-0.05, 0) is 23.1 Å². The van der Waals surface area contributed by atoms with Crippen molar-refractivity contribution in [2.24, 2.45) is 0 Å². The summed E-state index contributed by atoms with van der Waals surface area (Å²) >= 11 is 0. The lowest BCUT2D eigenvalue weighted by atomic mass is 10.0. The van der Waals surface area contributed by atoms with Crippen molar-refractivity contribution < 1.29 is 9.53 Å². The zero-order chi connectivity index (χ0) is 19.1. The van der Waals surface area contributed by atoms with Crippen molar-refractivity contribution in [2.75, 3.05) is 6.61 Å². The van der Waals surface area contributed by atoms with E-state index < -0.39 is 0 Å². The van der Waals surface area contributed by atoms with Gasteiger partial charge in [0.25, 0.3) is 5.91 Å². The molecule has 1 amide bonds. The molecule has 0 aliphatic heterocycles. The van der Waals surface area contributed by atoms with Gasteiger partial charge in [0.2, 0.25) is 0 Å². The lowest BCUT2D eigenvalue weighted by Gasteiger charge is -2.19. The highest BCUT2D eigenvalue weighted by atomic mass is 16.5. The summed E-state index contributed by atoms with van der Waals surface area (Å²) in [5, 5.41) is 3.07. The molecule has 0 spiro atoms. The molecule has 1 atom stereocenters. The molecule has 0 saturated heterocycles. The lowest BCUT2D eigenvalue weighted by Crippen LogP contribution is -2.34. The molecule has 0 unspecified atom stereocenters. The second kappa shape index (κ2) is 9.03. The number of para-hydroxylation sites is 1. The van der Waals surface area contributed by atoms with Gasteiger partial charge in [-0.2, -0.15) is 0 Å². The molecule has 3 rings (SSSR count). The Morgan fingerprint density at radius 1 is 1.11 bits per heavy atom. The summed E-state index contributed by atoms with van der Waals surface area (Å²) in [6.07, 6.45) is 4.08. The SMILES string of the molecule is CC(C)c1ccccc1OCC(=O)N[C@H](Cc1ncc[nH]1)c1ccccc1. The van der Waals surface area contributed by atoms with Crippen molar-refractivity contribution in [2.45, 2.75) is 32.2 Å². The zero-order valence-corrected chi connectivity index (χ0v) is 15.7. The van der Waals surface area contributed by atoms with E-state index in [0.717, 1.165) is 22.7 Å². The van der Waals surface area contributed by atoms with Crippen LogP contribution in [0.5, 0.6) is 5.75 Å². The van der Waals surface area contributed by atoms with Gasteiger partial charge in [-0.3, -0.25) is 4.79 Å². The normalized spacial score (nSPS) is 12.0. The van der Waals surface area contributed by atoms with Gasteiger partial charge in [0.1, 0.15) is 11.6 Å². The van der Waals surface area contributed by atoms with Crippen LogP contribution in [0.25, 0.3) is 0 Å². The summed E-state index contributed by atoms with van der Waals surface area (Å²) in [7, 11) is 0. The maximum Gasteiger partial charge on any atom is 0.258 e. The number of carbonyl (C=O) groups excluding carboxylic acids is 1. The van der Waals surface area contributed by atoms with Crippen LogP contribution in [0.2, 0.25) is 0 Å². The van der Waals surface area contributed by atoms with Gasteiger partial charge in [-0.15, -0.1) is 0 Å². The Hall–Kier alpha value is -3.08. The summed E-state index contributed by atoms with van der Waals surface area (Å²) in [6, 6.07) is 17.6. The van der Waals surface area contributed by atoms with Crippen molar-refractivity contribution >= 4 is 5.91 Å². The van der Waals surface area contributed by atoms with Crippen LogP contribution < -0.4 is 10.1 Å². The molecule has 0 fully saturated rings. The summed E-state index contributed by atoms with van der Waals surface area (Å²) in [4.78, 5) is 19.9. The lowest BCUT2D eigenvalue weighted by molar-refractivity contribution is -0.123. The van der Waals surface area contributed by atoms with Crippen LogP contribution in [0.15, 0.2) is 67.0 Å². The third-order valence-electron chi connectivity index (χ3n) is 4.39. The van der Waals surface area contributed by atoms with Gasteiger partial charge in [-0.25, -0.2) is 4.98 Å². The van der Waals surface area contributed by atoms with E-state index in [1.54, 1.807) is 12.4 Å². The number of hydrogen-bond donors (Lipinski definition) is 2. The molecule has 5 heteroatoms. The maximum absolute atomic E-state index is 12.5. The molecule has 0 aliphatic carbocycles. The highest BCUT2D eigenvalue weighted by molar-refractivity contribution is 5.78. The van der Waals surface area contributed by atoms with E-state index in [1.807, 2.05) is 54.6 Å². The second-order valence-electron chi connectivity index (χ2n) is 6.75. The largest absolute Gasteiger partial charge is 0.483 e. The summed E-state index contributed by atoms with van der Waals surface area (Å²) in [6.45, 7) is 4.19. The topological polar surface area (TPSA) is 67.0 Å².